The van der Waals surface area contributed by atoms with Crippen molar-refractivity contribution in [2.24, 2.45) is 5.92 Å². The number of phenols is 1. The Labute approximate surface area is 159 Å². The zero-order chi connectivity index (χ0) is 19.1. The molecule has 5 rings (SSSR count). The van der Waals surface area contributed by atoms with Gasteiger partial charge in [-0.25, -0.2) is 0 Å². The zero-order valence-electron chi connectivity index (χ0n) is 16.4. The number of aromatic nitrogens is 1. The van der Waals surface area contributed by atoms with Crippen LogP contribution in [0.5, 0.6) is 11.5 Å². The second-order valence-corrected chi connectivity index (χ2v) is 9.38. The lowest BCUT2D eigenvalue weighted by Gasteiger charge is -2.51. The van der Waals surface area contributed by atoms with Gasteiger partial charge in [0.05, 0.1) is 16.6 Å². The predicted octanol–water partition coefficient (Wildman–Crippen LogP) is 5.14. The van der Waals surface area contributed by atoms with Gasteiger partial charge in [0.15, 0.2) is 0 Å². The van der Waals surface area contributed by atoms with Crippen molar-refractivity contribution < 1.29 is 14.9 Å². The van der Waals surface area contributed by atoms with E-state index < -0.39 is 5.60 Å². The summed E-state index contributed by atoms with van der Waals surface area (Å²) in [6.45, 7) is 8.19. The maximum absolute atomic E-state index is 10.9. The van der Waals surface area contributed by atoms with E-state index in [1.54, 1.807) is 12.1 Å². The molecule has 4 nitrogen and oxygen atoms in total. The summed E-state index contributed by atoms with van der Waals surface area (Å²) in [5.74, 6) is 1.68. The summed E-state index contributed by atoms with van der Waals surface area (Å²) in [5, 5.41) is 23.1. The average molecular weight is 365 g/mol. The van der Waals surface area contributed by atoms with Gasteiger partial charge in [-0.05, 0) is 82.6 Å². The van der Waals surface area contributed by atoms with Gasteiger partial charge >= 0.3 is 0 Å². The normalized spacial score (nSPS) is 27.6. The molecule has 2 heterocycles. The molecule has 2 aromatic carbocycles. The third kappa shape index (κ3) is 2.39. The molecule has 1 aromatic heterocycles. The van der Waals surface area contributed by atoms with Crippen LogP contribution >= 0.6 is 0 Å². The summed E-state index contributed by atoms with van der Waals surface area (Å²) in [5.41, 5.74) is 3.45. The molecule has 0 amide bonds. The van der Waals surface area contributed by atoms with Crippen molar-refractivity contribution in [3.63, 3.8) is 0 Å². The van der Waals surface area contributed by atoms with Gasteiger partial charge in [0.25, 0.3) is 0 Å². The number of benzene rings is 2. The Balaban J connectivity index is 1.84. The number of H-pyrrole nitrogens is 1. The lowest BCUT2D eigenvalue weighted by molar-refractivity contribution is -0.0656. The molecule has 0 radical (unpaired) electrons. The lowest BCUT2D eigenvalue weighted by atomic mass is 9.62. The lowest BCUT2D eigenvalue weighted by Crippen LogP contribution is -2.49. The van der Waals surface area contributed by atoms with Crippen molar-refractivity contribution in [3.05, 3.63) is 35.4 Å². The number of nitrogens with one attached hydrogen (secondary N) is 1. The summed E-state index contributed by atoms with van der Waals surface area (Å²) in [6, 6.07) is 7.67. The summed E-state index contributed by atoms with van der Waals surface area (Å²) in [6.07, 6.45) is 2.85. The molecule has 3 aromatic rings. The SMILES string of the molecule is Cc1cc2c([nH]c3cc(O)ccc32)c2c1O[C@]1(C)CC[C@H](C(C)(C)O)[C@H]2C1. The summed E-state index contributed by atoms with van der Waals surface area (Å²) in [4.78, 5) is 3.54. The van der Waals surface area contributed by atoms with Crippen LogP contribution in [-0.4, -0.2) is 26.4 Å². The van der Waals surface area contributed by atoms with Gasteiger partial charge in [-0.2, -0.15) is 0 Å². The minimum atomic E-state index is -0.735. The Hall–Kier alpha value is -2.20. The molecule has 1 aliphatic heterocycles. The Morgan fingerprint density at radius 3 is 2.74 bits per heavy atom. The molecule has 1 fully saturated rings. The molecular weight excluding hydrogens is 338 g/mol. The third-order valence-electron chi connectivity index (χ3n) is 6.80. The highest BCUT2D eigenvalue weighted by molar-refractivity contribution is 6.09. The predicted molar refractivity (Wildman–Crippen MR) is 108 cm³/mol. The van der Waals surface area contributed by atoms with Crippen molar-refractivity contribution in [2.75, 3.05) is 0 Å². The van der Waals surface area contributed by atoms with E-state index in [0.717, 1.165) is 52.4 Å². The Kier molecular flexibility index (Phi) is 3.26. The number of fused-ring (bicyclic) bond motifs is 8. The van der Waals surface area contributed by atoms with Crippen molar-refractivity contribution in [1.29, 1.82) is 0 Å². The van der Waals surface area contributed by atoms with Crippen LogP contribution < -0.4 is 4.74 Å². The van der Waals surface area contributed by atoms with E-state index in [0.29, 0.717) is 0 Å². The molecule has 2 bridgehead atoms. The Morgan fingerprint density at radius 1 is 1.22 bits per heavy atom. The number of aromatic amines is 1. The minimum Gasteiger partial charge on any atom is -0.508 e. The highest BCUT2D eigenvalue weighted by Gasteiger charge is 2.50. The second kappa shape index (κ2) is 5.20. The maximum atomic E-state index is 10.9. The van der Waals surface area contributed by atoms with Crippen LogP contribution in [0.25, 0.3) is 21.8 Å². The number of aryl methyl sites for hydroxylation is 1. The van der Waals surface area contributed by atoms with Crippen molar-refractivity contribution in [1.82, 2.24) is 4.98 Å². The Bertz CT molecular complexity index is 1070. The van der Waals surface area contributed by atoms with Crippen LogP contribution in [0, 0.1) is 12.8 Å². The summed E-state index contributed by atoms with van der Waals surface area (Å²) >= 11 is 0. The molecule has 4 heteroatoms. The van der Waals surface area contributed by atoms with Crippen LogP contribution in [0.2, 0.25) is 0 Å². The van der Waals surface area contributed by atoms with E-state index in [4.69, 9.17) is 4.74 Å². The van der Waals surface area contributed by atoms with E-state index in [9.17, 15) is 10.2 Å². The first kappa shape index (κ1) is 16.9. The maximum Gasteiger partial charge on any atom is 0.128 e. The average Bonchev–Trinajstić information content (AvgIpc) is 2.90. The molecule has 0 unspecified atom stereocenters. The minimum absolute atomic E-state index is 0.165. The van der Waals surface area contributed by atoms with E-state index in [1.807, 2.05) is 19.9 Å². The number of hydrogen-bond donors (Lipinski definition) is 3. The quantitative estimate of drug-likeness (QED) is 0.559. The third-order valence-corrected chi connectivity index (χ3v) is 6.80. The number of hydrogen-bond acceptors (Lipinski definition) is 3. The molecule has 2 aliphatic rings. The van der Waals surface area contributed by atoms with Crippen LogP contribution in [-0.2, 0) is 0 Å². The first-order valence-corrected chi connectivity index (χ1v) is 9.86. The topological polar surface area (TPSA) is 65.5 Å². The highest BCUT2D eigenvalue weighted by Crippen LogP contribution is 2.56. The fourth-order valence-corrected chi connectivity index (χ4v) is 5.53. The van der Waals surface area contributed by atoms with Gasteiger partial charge in [0, 0.05) is 22.4 Å². The van der Waals surface area contributed by atoms with Gasteiger partial charge < -0.3 is 19.9 Å². The molecule has 1 aliphatic carbocycles. The second-order valence-electron chi connectivity index (χ2n) is 9.38. The van der Waals surface area contributed by atoms with Gasteiger partial charge in [0.1, 0.15) is 17.1 Å². The Morgan fingerprint density at radius 2 is 2.00 bits per heavy atom. The van der Waals surface area contributed by atoms with E-state index in [-0.39, 0.29) is 23.2 Å². The van der Waals surface area contributed by atoms with Crippen LogP contribution in [0.1, 0.15) is 57.1 Å². The molecule has 0 spiro atoms. The molecule has 3 atom stereocenters. The molecule has 27 heavy (non-hydrogen) atoms. The van der Waals surface area contributed by atoms with E-state index >= 15 is 0 Å². The van der Waals surface area contributed by atoms with E-state index in [1.165, 1.54) is 5.56 Å². The number of aromatic hydroxyl groups is 1. The first-order chi connectivity index (χ1) is 12.7. The molecular formula is C23H27NO3. The van der Waals surface area contributed by atoms with E-state index in [2.05, 4.69) is 24.9 Å². The van der Waals surface area contributed by atoms with Crippen LogP contribution in [0.15, 0.2) is 24.3 Å². The number of aliphatic hydroxyl groups is 1. The fraction of sp³-hybridized carbons (Fsp3) is 0.478. The highest BCUT2D eigenvalue weighted by atomic mass is 16.5. The smallest absolute Gasteiger partial charge is 0.128 e. The van der Waals surface area contributed by atoms with Gasteiger partial charge in [-0.15, -0.1) is 0 Å². The van der Waals surface area contributed by atoms with Crippen molar-refractivity contribution >= 4 is 21.8 Å². The largest absolute Gasteiger partial charge is 0.508 e. The monoisotopic (exact) mass is 365 g/mol. The molecule has 3 N–H and O–H groups in total. The zero-order valence-corrected chi connectivity index (χ0v) is 16.4. The van der Waals surface area contributed by atoms with Crippen LogP contribution in [0.4, 0.5) is 0 Å². The molecule has 142 valence electrons. The molecule has 0 saturated heterocycles. The van der Waals surface area contributed by atoms with Crippen molar-refractivity contribution in [3.8, 4) is 11.5 Å². The van der Waals surface area contributed by atoms with Crippen molar-refractivity contribution in [2.45, 2.75) is 64.1 Å². The van der Waals surface area contributed by atoms with Gasteiger partial charge in [-0.1, -0.05) is 0 Å². The summed E-state index contributed by atoms with van der Waals surface area (Å²) < 4.78 is 6.56. The fourth-order valence-electron chi connectivity index (χ4n) is 5.53. The van der Waals surface area contributed by atoms with Gasteiger partial charge in [-0.3, -0.25) is 0 Å². The number of phenolic OH excluding ortho intramolecular Hbond substituents is 1. The van der Waals surface area contributed by atoms with Gasteiger partial charge in [0.2, 0.25) is 0 Å². The first-order valence-electron chi connectivity index (χ1n) is 9.86. The number of rotatable bonds is 1. The standard InChI is InChI=1S/C23H27NO3/c1-12-9-15-14-6-5-13(25)10-18(14)24-20(15)19-16-11-23(4,27-21(12)19)8-7-17(16)22(2,3)26/h5-6,9-10,16-17,24-26H,7-8,11H2,1-4H3/t16-,17+,23-/m1/s1. The van der Waals surface area contributed by atoms with Crippen LogP contribution in [0.3, 0.4) is 0 Å². The number of ether oxygens (including phenoxy) is 1. The molecule has 1 saturated carbocycles. The summed E-state index contributed by atoms with van der Waals surface area (Å²) in [7, 11) is 0.